The normalized spacial score (nSPS) is 14.1. The monoisotopic (exact) mass is 597 g/mol. The van der Waals surface area contributed by atoms with E-state index in [1.54, 1.807) is 32.2 Å². The molecule has 2 aromatic carbocycles. The number of aromatic nitrogens is 1. The highest BCUT2D eigenvalue weighted by Crippen LogP contribution is 2.20. The van der Waals surface area contributed by atoms with Crippen LogP contribution in [0.25, 0.3) is 10.9 Å². The summed E-state index contributed by atoms with van der Waals surface area (Å²) in [5, 5.41) is 28.3. The van der Waals surface area contributed by atoms with E-state index < -0.39 is 47.9 Å². The van der Waals surface area contributed by atoms with Crippen LogP contribution >= 0.6 is 11.8 Å². The van der Waals surface area contributed by atoms with Gasteiger partial charge in [-0.1, -0.05) is 44.2 Å². The number of carboxylic acid groups (broad SMARTS) is 1. The first-order valence-electron chi connectivity index (χ1n) is 13.7. The van der Waals surface area contributed by atoms with Crippen LogP contribution in [0.2, 0.25) is 0 Å². The van der Waals surface area contributed by atoms with E-state index in [4.69, 9.17) is 5.73 Å². The number of nitrogens with one attached hydrogen (secondary N) is 4. The van der Waals surface area contributed by atoms with Crippen LogP contribution < -0.4 is 21.7 Å². The van der Waals surface area contributed by atoms with Crippen molar-refractivity contribution in [1.29, 1.82) is 0 Å². The number of carbonyl (C=O) groups excluding carboxylic acids is 3. The molecule has 4 atom stereocenters. The lowest BCUT2D eigenvalue weighted by Crippen LogP contribution is -2.58. The van der Waals surface area contributed by atoms with E-state index in [0.717, 1.165) is 16.5 Å². The zero-order chi connectivity index (χ0) is 30.8. The number of benzene rings is 2. The van der Waals surface area contributed by atoms with Crippen LogP contribution in [-0.2, 0) is 32.0 Å². The van der Waals surface area contributed by atoms with Gasteiger partial charge in [-0.25, -0.2) is 4.79 Å². The molecule has 0 saturated carbocycles. The van der Waals surface area contributed by atoms with Crippen molar-refractivity contribution >= 4 is 46.4 Å². The van der Waals surface area contributed by atoms with E-state index in [0.29, 0.717) is 17.7 Å². The van der Waals surface area contributed by atoms with Gasteiger partial charge in [0.15, 0.2) is 0 Å². The number of hydrogen-bond acceptors (Lipinski definition) is 7. The molecule has 42 heavy (non-hydrogen) atoms. The highest BCUT2D eigenvalue weighted by Gasteiger charge is 2.31. The number of para-hydroxylation sites is 1. The number of phenols is 1. The lowest BCUT2D eigenvalue weighted by molar-refractivity contribution is -0.142. The third-order valence-electron chi connectivity index (χ3n) is 6.99. The third kappa shape index (κ3) is 8.98. The molecule has 0 aliphatic carbocycles. The van der Waals surface area contributed by atoms with Crippen molar-refractivity contribution < 1.29 is 29.4 Å². The predicted octanol–water partition coefficient (Wildman–Crippen LogP) is 1.93. The third-order valence-corrected chi connectivity index (χ3v) is 7.63. The Kier molecular flexibility index (Phi) is 11.8. The number of fused-ring (bicyclic) bond motifs is 1. The summed E-state index contributed by atoms with van der Waals surface area (Å²) in [6.45, 7) is 3.61. The van der Waals surface area contributed by atoms with Crippen molar-refractivity contribution in [2.75, 3.05) is 12.0 Å². The van der Waals surface area contributed by atoms with Gasteiger partial charge >= 0.3 is 5.97 Å². The molecule has 1 aromatic heterocycles. The Morgan fingerprint density at radius 2 is 1.50 bits per heavy atom. The Bertz CT molecular complexity index is 1380. The number of carboxylic acids is 1. The molecule has 11 nitrogen and oxygen atoms in total. The topological polar surface area (TPSA) is 187 Å². The van der Waals surface area contributed by atoms with Gasteiger partial charge in [-0.3, -0.25) is 14.4 Å². The van der Waals surface area contributed by atoms with Gasteiger partial charge in [0.25, 0.3) is 0 Å². The van der Waals surface area contributed by atoms with Crippen molar-refractivity contribution in [3.8, 4) is 5.75 Å². The van der Waals surface area contributed by atoms with E-state index in [9.17, 15) is 29.4 Å². The second-order valence-corrected chi connectivity index (χ2v) is 11.5. The summed E-state index contributed by atoms with van der Waals surface area (Å²) in [6.07, 6.45) is 3.97. The molecule has 0 aliphatic rings. The van der Waals surface area contributed by atoms with Crippen LogP contribution in [0.4, 0.5) is 0 Å². The quantitative estimate of drug-likeness (QED) is 0.138. The number of aromatic amines is 1. The van der Waals surface area contributed by atoms with Crippen LogP contribution in [0.15, 0.2) is 54.7 Å². The second-order valence-electron chi connectivity index (χ2n) is 10.5. The Balaban J connectivity index is 1.86. The Hall–Kier alpha value is -4.03. The highest BCUT2D eigenvalue weighted by molar-refractivity contribution is 7.98. The van der Waals surface area contributed by atoms with Gasteiger partial charge in [-0.05, 0) is 53.7 Å². The number of amides is 3. The minimum Gasteiger partial charge on any atom is -0.508 e. The SMILES string of the molecule is CSCCC(NC(=O)C(N)C(C)C)C(=O)NC(Cc1c[nH]c2ccccc12)C(=O)NC(Cc1ccc(O)cc1)C(=O)O. The number of phenolic OH excluding ortho intramolecular Hbond substituents is 1. The first-order valence-corrected chi connectivity index (χ1v) is 15.1. The molecule has 0 radical (unpaired) electrons. The minimum atomic E-state index is -1.29. The summed E-state index contributed by atoms with van der Waals surface area (Å²) >= 11 is 1.51. The van der Waals surface area contributed by atoms with Gasteiger partial charge in [0.1, 0.15) is 23.9 Å². The van der Waals surface area contributed by atoms with Gasteiger partial charge in [0.2, 0.25) is 17.7 Å². The van der Waals surface area contributed by atoms with E-state index in [-0.39, 0.29) is 24.5 Å². The molecule has 0 aliphatic heterocycles. The summed E-state index contributed by atoms with van der Waals surface area (Å²) in [4.78, 5) is 55.1. The molecular weight excluding hydrogens is 558 g/mol. The molecular formula is C30H39N5O6S. The number of aliphatic carboxylic acids is 1. The average Bonchev–Trinajstić information content (AvgIpc) is 3.37. The summed E-state index contributed by atoms with van der Waals surface area (Å²) in [5.41, 5.74) is 8.20. The molecule has 0 spiro atoms. The number of thioether (sulfide) groups is 1. The number of aromatic hydroxyl groups is 1. The lowest BCUT2D eigenvalue weighted by atomic mass is 10.0. The minimum absolute atomic E-state index is 0.0331. The largest absolute Gasteiger partial charge is 0.508 e. The van der Waals surface area contributed by atoms with E-state index in [1.165, 1.54) is 23.9 Å². The fraction of sp³-hybridized carbons (Fsp3) is 0.400. The summed E-state index contributed by atoms with van der Waals surface area (Å²) in [6, 6.07) is 9.33. The van der Waals surface area contributed by atoms with E-state index in [1.807, 2.05) is 30.5 Å². The van der Waals surface area contributed by atoms with Crippen LogP contribution in [0.3, 0.4) is 0 Å². The van der Waals surface area contributed by atoms with Crippen LogP contribution in [0, 0.1) is 5.92 Å². The van der Waals surface area contributed by atoms with Gasteiger partial charge < -0.3 is 36.9 Å². The molecule has 12 heteroatoms. The Morgan fingerprint density at radius 3 is 2.14 bits per heavy atom. The molecule has 3 amide bonds. The molecule has 8 N–H and O–H groups in total. The zero-order valence-corrected chi connectivity index (χ0v) is 24.7. The van der Waals surface area contributed by atoms with Gasteiger partial charge in [0, 0.05) is 29.9 Å². The van der Waals surface area contributed by atoms with E-state index >= 15 is 0 Å². The van der Waals surface area contributed by atoms with Gasteiger partial charge in [-0.2, -0.15) is 11.8 Å². The summed E-state index contributed by atoms with van der Waals surface area (Å²) < 4.78 is 0. The van der Waals surface area contributed by atoms with Crippen molar-refractivity contribution in [1.82, 2.24) is 20.9 Å². The van der Waals surface area contributed by atoms with Crippen molar-refractivity contribution in [2.24, 2.45) is 11.7 Å². The van der Waals surface area contributed by atoms with Crippen LogP contribution in [-0.4, -0.2) is 75.1 Å². The maximum Gasteiger partial charge on any atom is 0.326 e. The smallest absolute Gasteiger partial charge is 0.326 e. The molecule has 0 fully saturated rings. The number of hydrogen-bond donors (Lipinski definition) is 7. The fourth-order valence-corrected chi connectivity index (χ4v) is 4.89. The van der Waals surface area contributed by atoms with Gasteiger partial charge in [0.05, 0.1) is 6.04 Å². The number of carbonyl (C=O) groups is 4. The lowest BCUT2D eigenvalue weighted by Gasteiger charge is -2.26. The number of H-pyrrole nitrogens is 1. The van der Waals surface area contributed by atoms with E-state index in [2.05, 4.69) is 20.9 Å². The molecule has 4 unspecified atom stereocenters. The Morgan fingerprint density at radius 1 is 0.881 bits per heavy atom. The second kappa shape index (κ2) is 15.3. The average molecular weight is 598 g/mol. The number of nitrogens with two attached hydrogens (primary N) is 1. The predicted molar refractivity (Wildman–Crippen MR) is 163 cm³/mol. The molecule has 0 bridgehead atoms. The highest BCUT2D eigenvalue weighted by atomic mass is 32.2. The van der Waals surface area contributed by atoms with Crippen LogP contribution in [0.1, 0.15) is 31.4 Å². The number of rotatable bonds is 15. The van der Waals surface area contributed by atoms with Gasteiger partial charge in [-0.15, -0.1) is 0 Å². The standard InChI is InChI=1S/C30H39N5O6S/c1-17(2)26(31)29(39)33-23(12-13-42-3)27(37)34-24(15-19-16-32-22-7-5-4-6-21(19)22)28(38)35-25(30(40)41)14-18-8-10-20(36)11-9-18/h4-11,16-17,23-26,32,36H,12-15,31H2,1-3H3,(H,33,39)(H,34,37)(H,35,38)(H,40,41). The first kappa shape index (κ1) is 32.5. The molecule has 226 valence electrons. The van der Waals surface area contributed by atoms with Crippen molar-refractivity contribution in [3.63, 3.8) is 0 Å². The maximum atomic E-state index is 13.6. The molecule has 3 aromatic rings. The van der Waals surface area contributed by atoms with Crippen molar-refractivity contribution in [3.05, 3.63) is 65.9 Å². The zero-order valence-electron chi connectivity index (χ0n) is 23.9. The molecule has 3 rings (SSSR count). The summed E-state index contributed by atoms with van der Waals surface area (Å²) in [7, 11) is 0. The van der Waals surface area contributed by atoms with Crippen molar-refractivity contribution in [2.45, 2.75) is 57.3 Å². The van der Waals surface area contributed by atoms with Crippen LogP contribution in [0.5, 0.6) is 5.75 Å². The Labute approximate surface area is 249 Å². The molecule has 1 heterocycles. The first-order chi connectivity index (χ1) is 20.0. The fourth-order valence-electron chi connectivity index (χ4n) is 4.42. The maximum absolute atomic E-state index is 13.6. The molecule has 0 saturated heterocycles. The summed E-state index contributed by atoms with van der Waals surface area (Å²) in [5.74, 6) is -2.51.